The highest BCUT2D eigenvalue weighted by atomic mass is 32.2. The first-order chi connectivity index (χ1) is 13.0. The van der Waals surface area contributed by atoms with E-state index < -0.39 is 26.9 Å². The van der Waals surface area contributed by atoms with E-state index in [0.29, 0.717) is 18.7 Å². The van der Waals surface area contributed by atoms with Gasteiger partial charge in [0.1, 0.15) is 9.46 Å². The Hall–Kier alpha value is -2.26. The summed E-state index contributed by atoms with van der Waals surface area (Å²) in [4.78, 5) is 30.1. The monoisotopic (exact) mass is 407 g/mol. The highest BCUT2D eigenvalue weighted by molar-refractivity contribution is 7.93. The van der Waals surface area contributed by atoms with Crippen LogP contribution in [0.5, 0.6) is 0 Å². The maximum Gasteiger partial charge on any atom is 0.311 e. The summed E-state index contributed by atoms with van der Waals surface area (Å²) in [6.45, 7) is 0.932. The van der Waals surface area contributed by atoms with Gasteiger partial charge in [0.05, 0.1) is 0 Å². The lowest BCUT2D eigenvalue weighted by molar-refractivity contribution is -0.146. The van der Waals surface area contributed by atoms with Crippen LogP contribution in [-0.4, -0.2) is 49.8 Å². The van der Waals surface area contributed by atoms with Crippen molar-refractivity contribution in [2.75, 3.05) is 19.6 Å². The van der Waals surface area contributed by atoms with Gasteiger partial charge in [-0.05, 0) is 42.3 Å². The number of aromatic nitrogens is 1. The average Bonchev–Trinajstić information content (AvgIpc) is 3.24. The number of hydrogen-bond donors (Lipinski definition) is 1. The smallest absolute Gasteiger partial charge is 0.311 e. The first-order valence-corrected chi connectivity index (χ1v) is 11.2. The maximum atomic E-state index is 13.0. The van der Waals surface area contributed by atoms with Crippen molar-refractivity contribution >= 4 is 33.0 Å². The highest BCUT2D eigenvalue weighted by Crippen LogP contribution is 2.30. The van der Waals surface area contributed by atoms with Gasteiger partial charge in [0.25, 0.3) is 0 Å². The number of rotatable bonds is 5. The second kappa shape index (κ2) is 8.62. The van der Waals surface area contributed by atoms with Crippen LogP contribution < -0.4 is 5.32 Å². The van der Waals surface area contributed by atoms with E-state index in [-0.39, 0.29) is 10.8 Å². The molecule has 1 aliphatic rings. The van der Waals surface area contributed by atoms with E-state index in [4.69, 9.17) is 0 Å². The van der Waals surface area contributed by atoms with Gasteiger partial charge in [-0.15, -0.1) is 11.3 Å². The Kier molecular flexibility index (Phi) is 6.22. The fourth-order valence-corrected chi connectivity index (χ4v) is 5.89. The molecular formula is C18H21N3O4S2. The minimum absolute atomic E-state index is 0.190. The Bertz CT molecular complexity index is 877. The van der Waals surface area contributed by atoms with Gasteiger partial charge in [-0.25, -0.2) is 8.42 Å². The van der Waals surface area contributed by atoms with Crippen molar-refractivity contribution in [2.45, 2.75) is 28.7 Å². The number of sulfone groups is 1. The molecule has 2 amide bonds. The topological polar surface area (TPSA) is 96.4 Å². The molecule has 1 aliphatic heterocycles. The van der Waals surface area contributed by atoms with Gasteiger partial charge >= 0.3 is 11.8 Å². The van der Waals surface area contributed by atoms with Gasteiger partial charge in [0.15, 0.2) is 9.84 Å². The molecule has 2 aromatic heterocycles. The number of nitrogens with zero attached hydrogens (tertiary/aromatic N) is 2. The van der Waals surface area contributed by atoms with Crippen LogP contribution in [0.15, 0.2) is 46.2 Å². The quantitative estimate of drug-likeness (QED) is 0.762. The van der Waals surface area contributed by atoms with Gasteiger partial charge in [0, 0.05) is 32.0 Å². The summed E-state index contributed by atoms with van der Waals surface area (Å²) in [6.07, 6.45) is 5.83. The van der Waals surface area contributed by atoms with Crippen molar-refractivity contribution in [1.82, 2.24) is 15.2 Å². The molecule has 2 aromatic rings. The molecule has 0 bridgehead atoms. The molecule has 3 rings (SSSR count). The number of pyridine rings is 1. The first kappa shape index (κ1) is 19.5. The Labute approximate surface area is 162 Å². The zero-order valence-corrected chi connectivity index (χ0v) is 16.3. The maximum absolute atomic E-state index is 13.0. The van der Waals surface area contributed by atoms with Crippen LogP contribution >= 0.6 is 11.3 Å². The molecular weight excluding hydrogens is 386 g/mol. The minimum Gasteiger partial charge on any atom is -0.346 e. The molecule has 0 spiro atoms. The van der Waals surface area contributed by atoms with E-state index in [2.05, 4.69) is 10.3 Å². The summed E-state index contributed by atoms with van der Waals surface area (Å²) < 4.78 is 26.2. The van der Waals surface area contributed by atoms with E-state index >= 15 is 0 Å². The van der Waals surface area contributed by atoms with Crippen LogP contribution in [-0.2, 0) is 19.4 Å². The van der Waals surface area contributed by atoms with E-state index in [1.54, 1.807) is 29.8 Å². The zero-order chi connectivity index (χ0) is 19.3. The van der Waals surface area contributed by atoms with Gasteiger partial charge in [-0.3, -0.25) is 14.6 Å². The number of amides is 2. The number of hydrogen-bond acceptors (Lipinski definition) is 6. The number of piperidine rings is 1. The third-order valence-electron chi connectivity index (χ3n) is 4.49. The van der Waals surface area contributed by atoms with E-state index in [1.165, 1.54) is 17.2 Å². The fourth-order valence-electron chi connectivity index (χ4n) is 3.04. The van der Waals surface area contributed by atoms with Crippen LogP contribution in [0.25, 0.3) is 0 Å². The molecule has 1 saturated heterocycles. The summed E-state index contributed by atoms with van der Waals surface area (Å²) in [7, 11) is -3.72. The van der Waals surface area contributed by atoms with Crippen LogP contribution in [0.3, 0.4) is 0 Å². The van der Waals surface area contributed by atoms with Crippen molar-refractivity contribution in [1.29, 1.82) is 0 Å². The zero-order valence-electron chi connectivity index (χ0n) is 14.7. The number of thiophene rings is 1. The van der Waals surface area contributed by atoms with Gasteiger partial charge in [0.2, 0.25) is 0 Å². The van der Waals surface area contributed by atoms with Crippen molar-refractivity contribution in [3.63, 3.8) is 0 Å². The molecule has 0 aliphatic carbocycles. The predicted molar refractivity (Wildman–Crippen MR) is 102 cm³/mol. The summed E-state index contributed by atoms with van der Waals surface area (Å²) in [5.74, 6) is -1.37. The molecule has 9 heteroatoms. The molecule has 1 atom stereocenters. The van der Waals surface area contributed by atoms with Crippen LogP contribution in [0.4, 0.5) is 0 Å². The number of carbonyl (C=O) groups is 2. The molecule has 3 heterocycles. The van der Waals surface area contributed by atoms with E-state index in [1.807, 2.05) is 0 Å². The lowest BCUT2D eigenvalue weighted by atomic mass is 10.1. The molecule has 0 saturated carbocycles. The van der Waals surface area contributed by atoms with E-state index in [9.17, 15) is 18.0 Å². The standard InChI is InChI=1S/C18H21N3O4S2/c22-17(18(23)21-9-2-1-3-10-21)20-13-15(14-6-4-8-19-12-14)27(24,25)16-7-5-11-26-16/h4-8,11-12,15H,1-3,9-10,13H2,(H,20,22)/t15-/m0/s1. The average molecular weight is 408 g/mol. The van der Waals surface area contributed by atoms with Crippen LogP contribution in [0.1, 0.15) is 30.1 Å². The Morgan fingerprint density at radius 2 is 1.96 bits per heavy atom. The van der Waals surface area contributed by atoms with Gasteiger partial charge < -0.3 is 10.2 Å². The second-order valence-electron chi connectivity index (χ2n) is 6.31. The SMILES string of the molecule is O=C(NC[C@@H](c1cccnc1)S(=O)(=O)c1cccs1)C(=O)N1CCCCC1. The molecule has 144 valence electrons. The number of carbonyl (C=O) groups excluding carboxylic acids is 2. The third kappa shape index (κ3) is 4.54. The van der Waals surface area contributed by atoms with E-state index in [0.717, 1.165) is 30.6 Å². The second-order valence-corrected chi connectivity index (χ2v) is 9.62. The normalized spacial score (nSPS) is 15.9. The molecule has 0 radical (unpaired) electrons. The summed E-state index contributed by atoms with van der Waals surface area (Å²) in [5, 5.41) is 3.19. The summed E-state index contributed by atoms with van der Waals surface area (Å²) in [5.41, 5.74) is 0.469. The molecule has 1 N–H and O–H groups in total. The highest BCUT2D eigenvalue weighted by Gasteiger charge is 2.32. The van der Waals surface area contributed by atoms with Crippen molar-refractivity contribution in [3.05, 3.63) is 47.6 Å². The van der Waals surface area contributed by atoms with Gasteiger partial charge in [-0.2, -0.15) is 0 Å². The Morgan fingerprint density at radius 3 is 2.59 bits per heavy atom. The summed E-state index contributed by atoms with van der Waals surface area (Å²) >= 11 is 1.12. The molecule has 1 fully saturated rings. The predicted octanol–water partition coefficient (Wildman–Crippen LogP) is 1.79. The van der Waals surface area contributed by atoms with Crippen molar-refractivity contribution in [2.24, 2.45) is 0 Å². The fraction of sp³-hybridized carbons (Fsp3) is 0.389. The first-order valence-electron chi connectivity index (χ1n) is 8.74. The van der Waals surface area contributed by atoms with Gasteiger partial charge in [-0.1, -0.05) is 12.1 Å². The number of nitrogens with one attached hydrogen (secondary N) is 1. The Balaban J connectivity index is 1.76. The van der Waals surface area contributed by atoms with Crippen molar-refractivity contribution in [3.8, 4) is 0 Å². The lowest BCUT2D eigenvalue weighted by Gasteiger charge is -2.26. The van der Waals surface area contributed by atoms with Crippen LogP contribution in [0.2, 0.25) is 0 Å². The number of likely N-dealkylation sites (tertiary alicyclic amines) is 1. The minimum atomic E-state index is -3.72. The van der Waals surface area contributed by atoms with Crippen molar-refractivity contribution < 1.29 is 18.0 Å². The lowest BCUT2D eigenvalue weighted by Crippen LogP contribution is -2.46. The molecule has 0 unspecified atom stereocenters. The Morgan fingerprint density at radius 1 is 1.19 bits per heavy atom. The molecule has 27 heavy (non-hydrogen) atoms. The van der Waals surface area contributed by atoms with Crippen LogP contribution in [0, 0.1) is 0 Å². The molecule has 0 aromatic carbocycles. The third-order valence-corrected chi connectivity index (χ3v) is 8.02. The largest absolute Gasteiger partial charge is 0.346 e. The molecule has 7 nitrogen and oxygen atoms in total. The summed E-state index contributed by atoms with van der Waals surface area (Å²) in [6, 6.07) is 6.49.